The Morgan fingerprint density at radius 2 is 2.11 bits per heavy atom. The number of halogens is 1. The molecule has 0 radical (unpaired) electrons. The van der Waals surface area contributed by atoms with Crippen molar-refractivity contribution in [3.63, 3.8) is 0 Å². The predicted molar refractivity (Wildman–Crippen MR) is 84.0 cm³/mol. The summed E-state index contributed by atoms with van der Waals surface area (Å²) in [5.41, 5.74) is 7.05. The van der Waals surface area contributed by atoms with Gasteiger partial charge in [-0.15, -0.1) is 0 Å². The number of nitrogen functional groups attached to an aromatic ring is 1. The van der Waals surface area contributed by atoms with Crippen molar-refractivity contribution in [1.29, 1.82) is 0 Å². The summed E-state index contributed by atoms with van der Waals surface area (Å²) in [4.78, 5) is 14.8. The van der Waals surface area contributed by atoms with Crippen molar-refractivity contribution in [3.8, 4) is 0 Å². The van der Waals surface area contributed by atoms with Gasteiger partial charge in [-0.2, -0.15) is 0 Å². The predicted octanol–water partition coefficient (Wildman–Crippen LogP) is 1.70. The number of hydrogen-bond donors (Lipinski definition) is 2. The van der Waals surface area contributed by atoms with Gasteiger partial charge in [-0.3, -0.25) is 4.79 Å². The van der Waals surface area contributed by atoms with Crippen molar-refractivity contribution in [1.82, 2.24) is 10.2 Å². The van der Waals surface area contributed by atoms with E-state index in [0.29, 0.717) is 17.2 Å². The summed E-state index contributed by atoms with van der Waals surface area (Å²) in [5, 5.41) is 3.17. The zero-order valence-corrected chi connectivity index (χ0v) is 12.9. The van der Waals surface area contributed by atoms with Crippen LogP contribution in [-0.2, 0) is 0 Å². The van der Waals surface area contributed by atoms with Crippen LogP contribution in [0.25, 0.3) is 0 Å². The Balaban J connectivity index is 1.73. The van der Waals surface area contributed by atoms with Crippen LogP contribution in [-0.4, -0.2) is 36.5 Å². The van der Waals surface area contributed by atoms with Gasteiger partial charge in [0.2, 0.25) is 0 Å². The lowest BCUT2D eigenvalue weighted by molar-refractivity contribution is 0.0621. The van der Waals surface area contributed by atoms with Crippen LogP contribution in [0, 0.1) is 9.49 Å². The van der Waals surface area contributed by atoms with E-state index in [2.05, 4.69) is 32.8 Å². The highest BCUT2D eigenvalue weighted by Crippen LogP contribution is 2.28. The molecule has 3 fully saturated rings. The largest absolute Gasteiger partial charge is 0.398 e. The second kappa shape index (κ2) is 5.28. The molecule has 3 heterocycles. The molecule has 3 saturated heterocycles. The Hall–Kier alpha value is -0.820. The molecule has 5 heteroatoms. The maximum absolute atomic E-state index is 12.3. The fourth-order valence-corrected chi connectivity index (χ4v) is 3.59. The minimum absolute atomic E-state index is 0.0326. The molecule has 3 aliphatic heterocycles. The molecule has 1 aromatic rings. The van der Waals surface area contributed by atoms with E-state index in [1.807, 2.05) is 12.1 Å². The first kappa shape index (κ1) is 13.2. The number of anilines is 1. The average molecular weight is 371 g/mol. The molecule has 1 atom stereocenters. The number of hydrogen-bond acceptors (Lipinski definition) is 3. The van der Waals surface area contributed by atoms with Crippen LogP contribution in [0.4, 0.5) is 5.69 Å². The second-order valence-corrected chi connectivity index (χ2v) is 6.70. The monoisotopic (exact) mass is 371 g/mol. The number of piperidine rings is 3. The number of amides is 1. The average Bonchev–Trinajstić information content (AvgIpc) is 2.43. The van der Waals surface area contributed by atoms with Crippen LogP contribution in [0.2, 0.25) is 0 Å². The van der Waals surface area contributed by atoms with Crippen molar-refractivity contribution in [3.05, 3.63) is 27.3 Å². The Bertz CT molecular complexity index is 497. The second-order valence-electron chi connectivity index (χ2n) is 5.45. The highest BCUT2D eigenvalue weighted by Gasteiger charge is 2.35. The van der Waals surface area contributed by atoms with Crippen LogP contribution in [0.5, 0.6) is 0 Å². The SMILES string of the molecule is Nc1ccc(I)cc1C(=O)NC1CN2CCC1CC2. The molecule has 3 aliphatic rings. The number of nitrogens with one attached hydrogen (secondary N) is 1. The molecule has 1 aromatic carbocycles. The van der Waals surface area contributed by atoms with E-state index < -0.39 is 0 Å². The van der Waals surface area contributed by atoms with Crippen LogP contribution < -0.4 is 11.1 Å². The van der Waals surface area contributed by atoms with Crippen LogP contribution >= 0.6 is 22.6 Å². The fourth-order valence-electron chi connectivity index (χ4n) is 3.10. The van der Waals surface area contributed by atoms with E-state index >= 15 is 0 Å². The molecular formula is C14H18IN3O. The summed E-state index contributed by atoms with van der Waals surface area (Å²) in [7, 11) is 0. The van der Waals surface area contributed by atoms with Gasteiger partial charge in [-0.05, 0) is 72.6 Å². The van der Waals surface area contributed by atoms with Crippen molar-refractivity contribution < 1.29 is 4.79 Å². The van der Waals surface area contributed by atoms with Crippen molar-refractivity contribution in [2.75, 3.05) is 25.4 Å². The van der Waals surface area contributed by atoms with E-state index in [-0.39, 0.29) is 11.9 Å². The molecule has 3 N–H and O–H groups in total. The third kappa shape index (κ3) is 2.72. The molecule has 1 unspecified atom stereocenters. The molecule has 4 nitrogen and oxygen atoms in total. The summed E-state index contributed by atoms with van der Waals surface area (Å²) in [5.74, 6) is 0.604. The normalized spacial score (nSPS) is 29.2. The molecule has 19 heavy (non-hydrogen) atoms. The first-order valence-corrected chi connectivity index (χ1v) is 7.79. The van der Waals surface area contributed by atoms with E-state index in [4.69, 9.17) is 5.73 Å². The zero-order chi connectivity index (χ0) is 13.4. The third-order valence-electron chi connectivity index (χ3n) is 4.23. The lowest BCUT2D eigenvalue weighted by Gasteiger charge is -2.44. The number of rotatable bonds is 2. The molecular weight excluding hydrogens is 353 g/mol. The fraction of sp³-hybridized carbons (Fsp3) is 0.500. The maximum atomic E-state index is 12.3. The third-order valence-corrected chi connectivity index (χ3v) is 4.90. The van der Waals surface area contributed by atoms with Gasteiger partial charge in [0.25, 0.3) is 5.91 Å². The Morgan fingerprint density at radius 3 is 2.74 bits per heavy atom. The van der Waals surface area contributed by atoms with Gasteiger partial charge in [0.05, 0.1) is 5.56 Å². The van der Waals surface area contributed by atoms with Crippen LogP contribution in [0.3, 0.4) is 0 Å². The van der Waals surface area contributed by atoms with Gasteiger partial charge < -0.3 is 16.0 Å². The summed E-state index contributed by atoms with van der Waals surface area (Å²) in [6.07, 6.45) is 2.40. The lowest BCUT2D eigenvalue weighted by Crippen LogP contribution is -2.57. The van der Waals surface area contributed by atoms with E-state index in [1.165, 1.54) is 25.9 Å². The summed E-state index contributed by atoms with van der Waals surface area (Å²) >= 11 is 2.20. The molecule has 2 bridgehead atoms. The van der Waals surface area contributed by atoms with Gasteiger partial charge in [0, 0.05) is 21.8 Å². The van der Waals surface area contributed by atoms with Crippen molar-refractivity contribution >= 4 is 34.2 Å². The zero-order valence-electron chi connectivity index (χ0n) is 10.7. The van der Waals surface area contributed by atoms with Gasteiger partial charge >= 0.3 is 0 Å². The molecule has 4 rings (SSSR count). The number of benzene rings is 1. The molecule has 0 aromatic heterocycles. The van der Waals surface area contributed by atoms with Gasteiger partial charge in [-0.1, -0.05) is 0 Å². The summed E-state index contributed by atoms with van der Waals surface area (Å²) in [6.45, 7) is 3.35. The Labute approximate surface area is 126 Å². The minimum atomic E-state index is -0.0326. The number of nitrogens with two attached hydrogens (primary N) is 1. The standard InChI is InChI=1S/C14H18IN3O/c15-10-1-2-12(16)11(7-10)14(19)17-13-8-18-5-3-9(13)4-6-18/h1-2,7,9,13H,3-6,8,16H2,(H,17,19). The van der Waals surface area contributed by atoms with Crippen LogP contribution in [0.1, 0.15) is 23.2 Å². The Morgan fingerprint density at radius 1 is 1.37 bits per heavy atom. The number of carbonyl (C=O) groups is 1. The number of fused-ring (bicyclic) bond motifs is 3. The lowest BCUT2D eigenvalue weighted by atomic mass is 9.84. The maximum Gasteiger partial charge on any atom is 0.253 e. The smallest absolute Gasteiger partial charge is 0.253 e. The highest BCUT2D eigenvalue weighted by atomic mass is 127. The topological polar surface area (TPSA) is 58.4 Å². The van der Waals surface area contributed by atoms with Crippen molar-refractivity contribution in [2.45, 2.75) is 18.9 Å². The number of nitrogens with zero attached hydrogens (tertiary/aromatic N) is 1. The molecule has 0 aliphatic carbocycles. The van der Waals surface area contributed by atoms with E-state index in [0.717, 1.165) is 10.1 Å². The van der Waals surface area contributed by atoms with Gasteiger partial charge in [-0.25, -0.2) is 0 Å². The molecule has 0 spiro atoms. The summed E-state index contributed by atoms with van der Waals surface area (Å²) in [6, 6.07) is 5.85. The highest BCUT2D eigenvalue weighted by molar-refractivity contribution is 14.1. The van der Waals surface area contributed by atoms with E-state index in [1.54, 1.807) is 6.07 Å². The quantitative estimate of drug-likeness (QED) is 0.615. The first-order valence-electron chi connectivity index (χ1n) is 6.72. The first-order chi connectivity index (χ1) is 9.13. The van der Waals surface area contributed by atoms with Crippen LogP contribution in [0.15, 0.2) is 18.2 Å². The Kier molecular flexibility index (Phi) is 3.66. The minimum Gasteiger partial charge on any atom is -0.398 e. The summed E-state index contributed by atoms with van der Waals surface area (Å²) < 4.78 is 1.03. The molecule has 1 amide bonds. The molecule has 0 saturated carbocycles. The van der Waals surface area contributed by atoms with Gasteiger partial charge in [0.15, 0.2) is 0 Å². The van der Waals surface area contributed by atoms with E-state index in [9.17, 15) is 4.79 Å². The molecule has 102 valence electrons. The number of carbonyl (C=O) groups excluding carboxylic acids is 1. The van der Waals surface area contributed by atoms with Gasteiger partial charge in [0.1, 0.15) is 0 Å². The van der Waals surface area contributed by atoms with Crippen molar-refractivity contribution in [2.24, 2.45) is 5.92 Å².